The van der Waals surface area contributed by atoms with Crippen molar-refractivity contribution < 1.29 is 28.6 Å². The van der Waals surface area contributed by atoms with Gasteiger partial charge in [0, 0.05) is 10.6 Å². The molecule has 150 valence electrons. The van der Waals surface area contributed by atoms with Crippen LogP contribution in [0, 0.1) is 5.92 Å². The van der Waals surface area contributed by atoms with Crippen molar-refractivity contribution in [3.05, 3.63) is 47.0 Å². The zero-order chi connectivity index (χ0) is 20.7. The van der Waals surface area contributed by atoms with Crippen molar-refractivity contribution in [2.24, 2.45) is 11.1 Å². The Kier molecular flexibility index (Phi) is 4.79. The fourth-order valence-corrected chi connectivity index (χ4v) is 3.73. The minimum absolute atomic E-state index is 0.255. The largest absolute Gasteiger partial charge is 0.495 e. The maximum atomic E-state index is 13.3. The quantitative estimate of drug-likeness (QED) is 0.696. The van der Waals surface area contributed by atoms with Gasteiger partial charge in [0.25, 0.3) is 5.91 Å². The summed E-state index contributed by atoms with van der Waals surface area (Å²) in [5.41, 5.74) is 1.07. The molecular formula is C20H17ClN2O6. The van der Waals surface area contributed by atoms with Crippen molar-refractivity contribution in [3.63, 3.8) is 0 Å². The summed E-state index contributed by atoms with van der Waals surface area (Å²) in [5.74, 6) is -0.734. The van der Waals surface area contributed by atoms with Gasteiger partial charge >= 0.3 is 0 Å². The lowest BCUT2D eigenvalue weighted by Crippen LogP contribution is -2.33. The first kappa shape index (κ1) is 19.1. The van der Waals surface area contributed by atoms with Crippen LogP contribution in [0.25, 0.3) is 0 Å². The Hall–Kier alpha value is -3.26. The topological polar surface area (TPSA) is 86.7 Å². The van der Waals surface area contributed by atoms with Crippen LogP contribution < -0.4 is 19.1 Å². The third-order valence-corrected chi connectivity index (χ3v) is 5.11. The van der Waals surface area contributed by atoms with Crippen LogP contribution in [-0.2, 0) is 14.4 Å². The number of oxime groups is 1. The van der Waals surface area contributed by atoms with Crippen LogP contribution in [0.3, 0.4) is 0 Å². The van der Waals surface area contributed by atoms with E-state index in [4.69, 9.17) is 30.6 Å². The number of nitrogens with zero attached hydrogens (tertiary/aromatic N) is 2. The Bertz CT molecular complexity index is 1040. The molecule has 2 aromatic carbocycles. The van der Waals surface area contributed by atoms with E-state index in [0.717, 1.165) is 4.90 Å². The number of imide groups is 1. The third kappa shape index (κ3) is 2.87. The molecule has 2 aromatic rings. The van der Waals surface area contributed by atoms with Gasteiger partial charge in [0.1, 0.15) is 17.4 Å². The second-order valence-electron chi connectivity index (χ2n) is 6.35. The number of hydrogen-bond donors (Lipinski definition) is 0. The number of hydrogen-bond acceptors (Lipinski definition) is 7. The number of anilines is 1. The molecule has 1 fully saturated rings. The van der Waals surface area contributed by atoms with Gasteiger partial charge in [0.15, 0.2) is 11.5 Å². The summed E-state index contributed by atoms with van der Waals surface area (Å²) in [6.07, 6.45) is -1.07. The van der Waals surface area contributed by atoms with Crippen molar-refractivity contribution in [2.45, 2.75) is 6.10 Å². The minimum atomic E-state index is -1.07. The number of fused-ring (bicyclic) bond motifs is 1. The molecule has 9 heteroatoms. The molecule has 1 saturated heterocycles. The fourth-order valence-electron chi connectivity index (χ4n) is 3.56. The third-order valence-electron chi connectivity index (χ3n) is 4.87. The highest BCUT2D eigenvalue weighted by molar-refractivity contribution is 6.34. The zero-order valence-electron chi connectivity index (χ0n) is 15.8. The van der Waals surface area contributed by atoms with E-state index in [-0.39, 0.29) is 5.69 Å². The van der Waals surface area contributed by atoms with Crippen LogP contribution in [0.15, 0.2) is 41.6 Å². The predicted molar refractivity (Wildman–Crippen MR) is 105 cm³/mol. The standard InChI is InChI=1S/C20H17ClN2O6/c1-26-13-8-7-10(21)9-12(13)23-19(24)15-16(22-29-18(15)20(23)25)11-5-4-6-14(27-2)17(11)28-3/h4-9,15,18H,1-3H3/t15-,18-/m0/s1. The zero-order valence-corrected chi connectivity index (χ0v) is 16.6. The molecule has 0 bridgehead atoms. The Morgan fingerprint density at radius 2 is 1.76 bits per heavy atom. The monoisotopic (exact) mass is 416 g/mol. The SMILES string of the molecule is COc1ccc(Cl)cc1N1C(=O)[C@H]2C(c3cccc(OC)c3OC)=NO[C@@H]2C1=O. The van der Waals surface area contributed by atoms with Crippen LogP contribution in [-0.4, -0.2) is 45.0 Å². The van der Waals surface area contributed by atoms with Gasteiger partial charge in [0.05, 0.1) is 27.0 Å². The first-order valence-electron chi connectivity index (χ1n) is 8.68. The second kappa shape index (κ2) is 7.29. The van der Waals surface area contributed by atoms with E-state index in [1.165, 1.54) is 27.4 Å². The molecule has 2 atom stereocenters. The van der Waals surface area contributed by atoms with Crippen LogP contribution >= 0.6 is 11.6 Å². The maximum absolute atomic E-state index is 13.3. The highest BCUT2D eigenvalue weighted by atomic mass is 35.5. The number of carbonyl (C=O) groups excluding carboxylic acids is 2. The summed E-state index contributed by atoms with van der Waals surface area (Å²) in [5, 5.41) is 4.38. The molecule has 0 radical (unpaired) electrons. The van der Waals surface area contributed by atoms with E-state index in [0.29, 0.717) is 33.5 Å². The summed E-state index contributed by atoms with van der Waals surface area (Å²) in [6, 6.07) is 9.90. The van der Waals surface area contributed by atoms with Gasteiger partial charge < -0.3 is 19.0 Å². The van der Waals surface area contributed by atoms with Crippen LogP contribution in [0.5, 0.6) is 17.2 Å². The smallest absolute Gasteiger partial charge is 0.279 e. The molecule has 2 amide bonds. The highest BCUT2D eigenvalue weighted by Crippen LogP contribution is 2.42. The van der Waals surface area contributed by atoms with Crippen molar-refractivity contribution in [1.82, 2.24) is 0 Å². The summed E-state index contributed by atoms with van der Waals surface area (Å²) >= 11 is 6.08. The Labute approximate surface area is 171 Å². The van der Waals surface area contributed by atoms with Gasteiger partial charge in [-0.15, -0.1) is 0 Å². The van der Waals surface area contributed by atoms with Crippen molar-refractivity contribution in [1.29, 1.82) is 0 Å². The van der Waals surface area contributed by atoms with E-state index in [1.807, 2.05) is 0 Å². The van der Waals surface area contributed by atoms with Crippen LogP contribution in [0.4, 0.5) is 5.69 Å². The number of rotatable bonds is 5. The Morgan fingerprint density at radius 1 is 1.00 bits per heavy atom. The van der Waals surface area contributed by atoms with Gasteiger partial charge in [-0.25, -0.2) is 4.90 Å². The highest BCUT2D eigenvalue weighted by Gasteiger charge is 2.57. The molecule has 0 aliphatic carbocycles. The van der Waals surface area contributed by atoms with Crippen molar-refractivity contribution in [2.75, 3.05) is 26.2 Å². The second-order valence-corrected chi connectivity index (χ2v) is 6.79. The first-order chi connectivity index (χ1) is 14.0. The van der Waals surface area contributed by atoms with Crippen molar-refractivity contribution >= 4 is 34.8 Å². The number of amides is 2. The molecule has 0 saturated carbocycles. The lowest BCUT2D eigenvalue weighted by molar-refractivity contribution is -0.126. The lowest BCUT2D eigenvalue weighted by Gasteiger charge is -2.19. The number of para-hydroxylation sites is 1. The van der Waals surface area contributed by atoms with E-state index in [1.54, 1.807) is 30.3 Å². The predicted octanol–water partition coefficient (Wildman–Crippen LogP) is 2.66. The number of carbonyl (C=O) groups is 2. The number of methoxy groups -OCH3 is 3. The van der Waals surface area contributed by atoms with E-state index < -0.39 is 23.8 Å². The van der Waals surface area contributed by atoms with E-state index in [9.17, 15) is 9.59 Å². The molecular weight excluding hydrogens is 400 g/mol. The minimum Gasteiger partial charge on any atom is -0.495 e. The number of benzene rings is 2. The van der Waals surface area contributed by atoms with Gasteiger partial charge in [-0.1, -0.05) is 22.8 Å². The maximum Gasteiger partial charge on any atom is 0.279 e. The van der Waals surface area contributed by atoms with Crippen LogP contribution in [0.2, 0.25) is 5.02 Å². The van der Waals surface area contributed by atoms with E-state index >= 15 is 0 Å². The molecule has 8 nitrogen and oxygen atoms in total. The van der Waals surface area contributed by atoms with Gasteiger partial charge in [-0.05, 0) is 30.3 Å². The average Bonchev–Trinajstić information content (AvgIpc) is 3.27. The Morgan fingerprint density at radius 3 is 2.45 bits per heavy atom. The molecule has 2 aliphatic rings. The van der Waals surface area contributed by atoms with Gasteiger partial charge in [-0.2, -0.15) is 0 Å². The summed E-state index contributed by atoms with van der Waals surface area (Å²) in [4.78, 5) is 32.7. The van der Waals surface area contributed by atoms with E-state index in [2.05, 4.69) is 5.16 Å². The molecule has 0 spiro atoms. The summed E-state index contributed by atoms with van der Waals surface area (Å²) in [7, 11) is 4.44. The molecule has 2 heterocycles. The van der Waals surface area contributed by atoms with Gasteiger partial charge in [0.2, 0.25) is 12.0 Å². The molecule has 0 unspecified atom stereocenters. The van der Waals surface area contributed by atoms with Gasteiger partial charge in [-0.3, -0.25) is 9.59 Å². The number of halogens is 1. The summed E-state index contributed by atoms with van der Waals surface area (Å²) in [6.45, 7) is 0. The fraction of sp³-hybridized carbons (Fsp3) is 0.250. The first-order valence-corrected chi connectivity index (χ1v) is 9.06. The Balaban J connectivity index is 1.77. The molecule has 4 rings (SSSR count). The number of ether oxygens (including phenoxy) is 3. The average molecular weight is 417 g/mol. The van der Waals surface area contributed by atoms with Crippen molar-refractivity contribution in [3.8, 4) is 17.2 Å². The summed E-state index contributed by atoms with van der Waals surface area (Å²) < 4.78 is 16.1. The molecule has 0 N–H and O–H groups in total. The lowest BCUT2D eigenvalue weighted by atomic mass is 9.93. The molecule has 2 aliphatic heterocycles. The van der Waals surface area contributed by atoms with Crippen LogP contribution in [0.1, 0.15) is 5.56 Å². The molecule has 0 aromatic heterocycles. The normalized spacial score (nSPS) is 20.3. The molecule has 29 heavy (non-hydrogen) atoms.